The number of nitrogens with zero attached hydrogens (tertiary/aromatic N) is 6. The number of morpholine rings is 1. The average Bonchev–Trinajstić information content (AvgIpc) is 3.45. The third-order valence-electron chi connectivity index (χ3n) is 7.18. The second-order valence-corrected chi connectivity index (χ2v) is 9.91. The van der Waals surface area contributed by atoms with E-state index in [4.69, 9.17) is 15.5 Å². The van der Waals surface area contributed by atoms with Gasteiger partial charge < -0.3 is 20.5 Å². The van der Waals surface area contributed by atoms with E-state index in [1.54, 1.807) is 27.7 Å². The third kappa shape index (κ3) is 4.55. The van der Waals surface area contributed by atoms with E-state index in [-0.39, 0.29) is 53.4 Å². The number of rotatable bonds is 6. The van der Waals surface area contributed by atoms with Crippen LogP contribution in [0, 0.1) is 5.92 Å². The highest BCUT2D eigenvalue weighted by Crippen LogP contribution is 2.34. The summed E-state index contributed by atoms with van der Waals surface area (Å²) in [6.45, 7) is 5.39. The van der Waals surface area contributed by atoms with E-state index < -0.39 is 12.3 Å². The number of carbonyl (C=O) groups is 1. The van der Waals surface area contributed by atoms with Crippen molar-refractivity contribution in [1.29, 1.82) is 0 Å². The number of halogens is 2. The van der Waals surface area contributed by atoms with Gasteiger partial charge in [0.1, 0.15) is 11.9 Å². The maximum Gasteiger partial charge on any atom is 0.363 e. The monoisotopic (exact) mass is 504 g/mol. The van der Waals surface area contributed by atoms with Gasteiger partial charge in [-0.25, -0.2) is 8.78 Å². The van der Waals surface area contributed by atoms with Crippen LogP contribution in [0.25, 0.3) is 11.3 Å². The Kier molecular flexibility index (Phi) is 6.64. The fraction of sp³-hybridized carbons (Fsp3) is 0.583. The Balaban J connectivity index is 1.56. The van der Waals surface area contributed by atoms with Crippen molar-refractivity contribution in [3.63, 3.8) is 0 Å². The number of carbonyl (C=O) groups excluding carboxylic acids is 1. The molecule has 4 heterocycles. The molecular formula is C24H32F2N7O3+. The number of primary amides is 1. The van der Waals surface area contributed by atoms with Crippen molar-refractivity contribution in [3.8, 4) is 5.69 Å². The van der Waals surface area contributed by atoms with Crippen molar-refractivity contribution in [1.82, 2.24) is 19.4 Å². The van der Waals surface area contributed by atoms with Crippen LogP contribution < -0.4 is 15.1 Å². The Morgan fingerprint density at radius 3 is 2.53 bits per heavy atom. The van der Waals surface area contributed by atoms with Gasteiger partial charge in [0.05, 0.1) is 30.6 Å². The number of fused-ring (bicyclic) bond motifs is 1. The fourth-order valence-corrected chi connectivity index (χ4v) is 5.41. The number of nitrogens with two attached hydrogens (primary N) is 1. The van der Waals surface area contributed by atoms with E-state index in [0.717, 1.165) is 25.7 Å². The smallest absolute Gasteiger partial charge is 0.363 e. The van der Waals surface area contributed by atoms with Crippen molar-refractivity contribution < 1.29 is 27.9 Å². The molecule has 0 radical (unpaired) electrons. The molecule has 0 unspecified atom stereocenters. The summed E-state index contributed by atoms with van der Waals surface area (Å²) in [5.74, 6) is 0.196. The molecule has 2 fully saturated rings. The lowest BCUT2D eigenvalue weighted by Gasteiger charge is -2.34. The first-order chi connectivity index (χ1) is 17.2. The Labute approximate surface area is 207 Å². The molecule has 2 aliphatic rings. The first kappa shape index (κ1) is 24.6. The number of amides is 1. The van der Waals surface area contributed by atoms with Crippen molar-refractivity contribution in [2.45, 2.75) is 64.2 Å². The molecule has 12 heteroatoms. The van der Waals surface area contributed by atoms with Crippen molar-refractivity contribution in [3.05, 3.63) is 35.9 Å². The van der Waals surface area contributed by atoms with Crippen LogP contribution in [0.5, 0.6) is 0 Å². The lowest BCUT2D eigenvalue weighted by Crippen LogP contribution is -2.46. The molecule has 3 aromatic rings. The highest BCUT2D eigenvalue weighted by Gasteiger charge is 2.32. The molecule has 1 saturated heterocycles. The van der Waals surface area contributed by atoms with Gasteiger partial charge in [-0.15, -0.1) is 4.52 Å². The van der Waals surface area contributed by atoms with Gasteiger partial charge in [-0.05, 0) is 50.4 Å². The zero-order valence-electron chi connectivity index (χ0n) is 20.4. The summed E-state index contributed by atoms with van der Waals surface area (Å²) >= 11 is 0. The second kappa shape index (κ2) is 9.74. The van der Waals surface area contributed by atoms with Crippen LogP contribution in [0.4, 0.5) is 14.6 Å². The van der Waals surface area contributed by atoms with Crippen LogP contribution in [0.3, 0.4) is 0 Å². The number of hydrogen-bond acceptors (Lipinski definition) is 6. The van der Waals surface area contributed by atoms with Crippen LogP contribution in [-0.4, -0.2) is 62.4 Å². The molecule has 2 atom stereocenters. The van der Waals surface area contributed by atoms with Crippen LogP contribution in [0.1, 0.15) is 68.0 Å². The zero-order valence-corrected chi connectivity index (χ0v) is 20.4. The molecule has 3 N–H and O–H groups in total. The van der Waals surface area contributed by atoms with Gasteiger partial charge in [0.25, 0.3) is 12.3 Å². The molecule has 1 aliphatic heterocycles. The standard InChI is InChI=1S/C24H31F2N7O3/c1-14-9-30(10-15(2)36-14)20-7-8-32-24(28-20)18(23(27)35)11-33(32)19-12-31(29-21(19)22(25)26)17-5-3-16(13-34)4-6-17/h7-8,11-12,14-17,22,34H,3-6,9-10,13H2,1-2H3,(H-,27,35)/p+1/t14-,15-,16?,17?/m0/s1. The normalized spacial score (nSPS) is 25.1. The molecule has 1 amide bonds. The van der Waals surface area contributed by atoms with Crippen molar-refractivity contribution in [2.24, 2.45) is 11.7 Å². The minimum Gasteiger partial charge on any atom is -0.396 e. The Bertz CT molecular complexity index is 1240. The van der Waals surface area contributed by atoms with Crippen LogP contribution in [-0.2, 0) is 4.74 Å². The minimum atomic E-state index is -2.81. The summed E-state index contributed by atoms with van der Waals surface area (Å²) in [5.41, 5.74) is 5.86. The van der Waals surface area contributed by atoms with Gasteiger partial charge in [0, 0.05) is 25.8 Å². The third-order valence-corrected chi connectivity index (χ3v) is 7.18. The highest BCUT2D eigenvalue weighted by atomic mass is 19.3. The number of aromatic nitrogens is 5. The summed E-state index contributed by atoms with van der Waals surface area (Å²) < 4.78 is 38.6. The van der Waals surface area contributed by atoms with Crippen LogP contribution >= 0.6 is 0 Å². The largest absolute Gasteiger partial charge is 0.396 e. The highest BCUT2D eigenvalue weighted by molar-refractivity contribution is 5.97. The molecule has 1 saturated carbocycles. The van der Waals surface area contributed by atoms with E-state index in [2.05, 4.69) is 10.00 Å². The van der Waals surface area contributed by atoms with Gasteiger partial charge in [0.15, 0.2) is 11.3 Å². The minimum absolute atomic E-state index is 0.0194. The number of ether oxygens (including phenoxy) is 1. The predicted molar refractivity (Wildman–Crippen MR) is 126 cm³/mol. The van der Waals surface area contributed by atoms with E-state index in [9.17, 15) is 18.7 Å². The summed E-state index contributed by atoms with van der Waals surface area (Å²) in [5, 5.41) is 13.7. The summed E-state index contributed by atoms with van der Waals surface area (Å²) in [4.78, 5) is 19.1. The maximum atomic E-state index is 14.1. The summed E-state index contributed by atoms with van der Waals surface area (Å²) in [6, 6.07) is 1.76. The van der Waals surface area contributed by atoms with Crippen LogP contribution in [0.2, 0.25) is 0 Å². The number of anilines is 1. The fourth-order valence-electron chi connectivity index (χ4n) is 5.41. The van der Waals surface area contributed by atoms with E-state index >= 15 is 0 Å². The summed E-state index contributed by atoms with van der Waals surface area (Å²) in [6.07, 6.45) is 5.11. The van der Waals surface area contributed by atoms with Gasteiger partial charge >= 0.3 is 5.65 Å². The van der Waals surface area contributed by atoms with Gasteiger partial charge in [-0.1, -0.05) is 0 Å². The van der Waals surface area contributed by atoms with Gasteiger partial charge in [0.2, 0.25) is 5.82 Å². The first-order valence-corrected chi connectivity index (χ1v) is 12.4. The van der Waals surface area contributed by atoms with E-state index in [1.807, 2.05) is 13.8 Å². The summed E-state index contributed by atoms with van der Waals surface area (Å²) in [7, 11) is 0. The lowest BCUT2D eigenvalue weighted by atomic mass is 9.87. The van der Waals surface area contributed by atoms with Crippen LogP contribution in [0.15, 0.2) is 24.7 Å². The molecule has 0 bridgehead atoms. The average molecular weight is 505 g/mol. The molecule has 3 aromatic heterocycles. The first-order valence-electron chi connectivity index (χ1n) is 12.4. The Hall–Kier alpha value is -3.12. The molecule has 1 aliphatic carbocycles. The maximum absolute atomic E-state index is 14.1. The molecule has 194 valence electrons. The quantitative estimate of drug-likeness (QED) is 0.498. The van der Waals surface area contributed by atoms with Crippen molar-refractivity contribution >= 4 is 17.4 Å². The van der Waals surface area contributed by atoms with E-state index in [1.165, 1.54) is 10.9 Å². The number of aliphatic hydroxyl groups is 1. The SMILES string of the molecule is C[C@H]1CN(c2cc[n+]3c(n2)c(C(N)=O)cn3-c2cn(C3CCC(CO)CC3)nc2C(F)F)C[C@H](C)O1. The number of hydrogen-bond donors (Lipinski definition) is 2. The predicted octanol–water partition coefficient (Wildman–Crippen LogP) is 2.18. The molecule has 5 rings (SSSR count). The molecular weight excluding hydrogens is 472 g/mol. The molecule has 0 spiro atoms. The molecule has 10 nitrogen and oxygen atoms in total. The molecule has 36 heavy (non-hydrogen) atoms. The Morgan fingerprint density at radius 2 is 1.92 bits per heavy atom. The zero-order chi connectivity index (χ0) is 25.6. The van der Waals surface area contributed by atoms with E-state index in [0.29, 0.717) is 18.9 Å². The number of alkyl halides is 2. The number of aliphatic hydroxyl groups excluding tert-OH is 1. The lowest BCUT2D eigenvalue weighted by molar-refractivity contribution is -0.600. The molecule has 0 aromatic carbocycles. The van der Waals surface area contributed by atoms with Crippen molar-refractivity contribution in [2.75, 3.05) is 24.6 Å². The second-order valence-electron chi connectivity index (χ2n) is 9.91. The van der Waals surface area contributed by atoms with Gasteiger partial charge in [-0.2, -0.15) is 9.78 Å². The van der Waals surface area contributed by atoms with Gasteiger partial charge in [-0.3, -0.25) is 9.48 Å². The Morgan fingerprint density at radius 1 is 1.22 bits per heavy atom. The topological polar surface area (TPSA) is 116 Å².